The highest BCUT2D eigenvalue weighted by molar-refractivity contribution is 7.47. The molecule has 4 atom stereocenters. The van der Waals surface area contributed by atoms with Crippen molar-refractivity contribution in [3.8, 4) is 0 Å². The zero-order valence-corrected chi connectivity index (χ0v) is 32.0. The van der Waals surface area contributed by atoms with Crippen LogP contribution in [0.4, 0.5) is 0 Å². The van der Waals surface area contributed by atoms with Crippen molar-refractivity contribution in [2.75, 3.05) is 26.4 Å². The number of epoxide rings is 1. The van der Waals surface area contributed by atoms with Crippen LogP contribution in [0.2, 0.25) is 0 Å². The number of phosphoric acid groups is 1. The summed E-state index contributed by atoms with van der Waals surface area (Å²) >= 11 is 0. The molecule has 3 unspecified atom stereocenters. The third-order valence-electron chi connectivity index (χ3n) is 8.09. The molecule has 11 heteroatoms. The van der Waals surface area contributed by atoms with E-state index >= 15 is 0 Å². The van der Waals surface area contributed by atoms with Gasteiger partial charge in [0.1, 0.15) is 6.61 Å². The van der Waals surface area contributed by atoms with E-state index in [1.807, 2.05) is 0 Å². The molecule has 0 aliphatic carbocycles. The highest BCUT2D eigenvalue weighted by Gasteiger charge is 2.36. The molecule has 0 amide bonds. The van der Waals surface area contributed by atoms with E-state index in [1.54, 1.807) is 0 Å². The molecule has 0 saturated carbocycles. The summed E-state index contributed by atoms with van der Waals surface area (Å²) in [5.74, 6) is -0.920. The number of rotatable bonds is 34. The maximum Gasteiger partial charge on any atom is 0.472 e. The van der Waals surface area contributed by atoms with Crippen molar-refractivity contribution in [1.29, 1.82) is 0 Å². The number of hydrogen-bond acceptors (Lipinski definition) is 9. The van der Waals surface area contributed by atoms with E-state index in [2.05, 4.69) is 62.5 Å². The van der Waals surface area contributed by atoms with Gasteiger partial charge >= 0.3 is 19.8 Å². The third kappa shape index (κ3) is 28.6. The van der Waals surface area contributed by atoms with Gasteiger partial charge in [0.15, 0.2) is 6.10 Å². The maximum atomic E-state index is 12.5. The lowest BCUT2D eigenvalue weighted by Crippen LogP contribution is -2.29. The fraction of sp³-hybridized carbons (Fsp3) is 0.744. The zero-order valence-electron chi connectivity index (χ0n) is 31.1. The maximum absolute atomic E-state index is 12.5. The minimum atomic E-state index is -4.39. The fourth-order valence-corrected chi connectivity index (χ4v) is 5.82. The predicted molar refractivity (Wildman–Crippen MR) is 201 cm³/mol. The Bertz CT molecular complexity index is 1030. The van der Waals surface area contributed by atoms with Crippen LogP contribution in [-0.2, 0) is 37.4 Å². The molecule has 0 bridgehead atoms. The van der Waals surface area contributed by atoms with Gasteiger partial charge in [-0.15, -0.1) is 0 Å². The summed E-state index contributed by atoms with van der Waals surface area (Å²) in [7, 11) is -4.39. The van der Waals surface area contributed by atoms with Gasteiger partial charge < -0.3 is 24.8 Å². The van der Waals surface area contributed by atoms with Gasteiger partial charge in [-0.3, -0.25) is 18.6 Å². The summed E-state index contributed by atoms with van der Waals surface area (Å²) in [4.78, 5) is 34.7. The molecule has 0 aromatic rings. The second-order valence-electron chi connectivity index (χ2n) is 12.8. The van der Waals surface area contributed by atoms with Gasteiger partial charge in [-0.1, -0.05) is 107 Å². The molecule has 1 heterocycles. The summed E-state index contributed by atoms with van der Waals surface area (Å²) in [5, 5.41) is 0. The molecule has 1 fully saturated rings. The number of carbonyl (C=O) groups excluding carboxylic acids is 2. The quantitative estimate of drug-likeness (QED) is 0.0216. The first-order valence-electron chi connectivity index (χ1n) is 19.2. The highest BCUT2D eigenvalue weighted by atomic mass is 31.2. The van der Waals surface area contributed by atoms with E-state index in [4.69, 9.17) is 29.0 Å². The monoisotopic (exact) mass is 725 g/mol. The Labute approximate surface area is 302 Å². The topological polar surface area (TPSA) is 147 Å². The lowest BCUT2D eigenvalue weighted by atomic mass is 10.1. The number of nitrogens with two attached hydrogens (primary N) is 1. The fourth-order valence-electron chi connectivity index (χ4n) is 5.06. The largest absolute Gasteiger partial charge is 0.472 e. The summed E-state index contributed by atoms with van der Waals surface area (Å²) in [6.45, 7) is 3.54. The first-order chi connectivity index (χ1) is 24.3. The molecular weight excluding hydrogens is 657 g/mol. The Balaban J connectivity index is 2.28. The SMILES string of the molecule is CCCC/C=C\CCCCCCCC(=O)O[C@H](COC(=O)CCC/C=C\CC1OC1C/C=C\C/C=C\CCCCC)COP(=O)(O)OCCN. The summed E-state index contributed by atoms with van der Waals surface area (Å²) in [5.41, 5.74) is 5.33. The van der Waals surface area contributed by atoms with E-state index in [0.29, 0.717) is 12.8 Å². The molecule has 1 aliphatic heterocycles. The molecule has 1 rings (SSSR count). The van der Waals surface area contributed by atoms with Crippen LogP contribution < -0.4 is 5.73 Å². The average molecular weight is 726 g/mol. The molecule has 50 heavy (non-hydrogen) atoms. The predicted octanol–water partition coefficient (Wildman–Crippen LogP) is 9.37. The molecule has 1 aliphatic rings. The van der Waals surface area contributed by atoms with E-state index < -0.39 is 32.5 Å². The van der Waals surface area contributed by atoms with Gasteiger partial charge in [0.05, 0.1) is 25.4 Å². The lowest BCUT2D eigenvalue weighted by molar-refractivity contribution is -0.161. The van der Waals surface area contributed by atoms with Crippen molar-refractivity contribution >= 4 is 19.8 Å². The van der Waals surface area contributed by atoms with Crippen LogP contribution in [0, 0.1) is 0 Å². The normalized spacial score (nSPS) is 18.0. The van der Waals surface area contributed by atoms with Gasteiger partial charge in [-0.05, 0) is 70.6 Å². The van der Waals surface area contributed by atoms with Crippen molar-refractivity contribution in [1.82, 2.24) is 0 Å². The van der Waals surface area contributed by atoms with E-state index in [0.717, 1.165) is 70.6 Å². The van der Waals surface area contributed by atoms with Crippen LogP contribution in [0.15, 0.2) is 48.6 Å². The number of esters is 2. The van der Waals surface area contributed by atoms with Gasteiger partial charge in [0.2, 0.25) is 0 Å². The van der Waals surface area contributed by atoms with Crippen LogP contribution in [-0.4, -0.2) is 61.5 Å². The molecule has 0 radical (unpaired) electrons. The number of carbonyl (C=O) groups is 2. The first kappa shape index (κ1) is 46.0. The molecule has 0 aromatic heterocycles. The highest BCUT2D eigenvalue weighted by Crippen LogP contribution is 2.43. The van der Waals surface area contributed by atoms with Crippen LogP contribution in [0.25, 0.3) is 0 Å². The number of ether oxygens (including phenoxy) is 3. The molecule has 1 saturated heterocycles. The molecule has 3 N–H and O–H groups in total. The van der Waals surface area contributed by atoms with Crippen molar-refractivity contribution in [2.45, 2.75) is 161 Å². The third-order valence-corrected chi connectivity index (χ3v) is 9.07. The molecule has 0 spiro atoms. The second-order valence-corrected chi connectivity index (χ2v) is 14.3. The van der Waals surface area contributed by atoms with Crippen LogP contribution in [0.5, 0.6) is 0 Å². The Morgan fingerprint density at radius 2 is 1.26 bits per heavy atom. The van der Waals surface area contributed by atoms with Crippen LogP contribution in [0.3, 0.4) is 0 Å². The van der Waals surface area contributed by atoms with Crippen molar-refractivity contribution in [3.05, 3.63) is 48.6 Å². The standard InChI is InChI=1S/C39H68NO9P/c1-3-5-7-9-11-13-14-16-18-20-26-30-39(42)48-35(34-47-50(43,44)46-32-31-40)33-45-38(41)29-25-22-21-24-28-37-36(49-37)27-23-19-17-15-12-10-8-6-4-2/h9,11-12,15,19,21,23-24,35-37H,3-8,10,13-14,16-18,20,22,25-34,40H2,1-2H3,(H,43,44)/b11-9-,15-12-,23-19-,24-21-/t35-,36?,37?/m1/s1. The van der Waals surface area contributed by atoms with E-state index in [9.17, 15) is 19.0 Å². The smallest absolute Gasteiger partial charge is 0.462 e. The van der Waals surface area contributed by atoms with Gasteiger partial charge in [0.25, 0.3) is 0 Å². The van der Waals surface area contributed by atoms with Crippen molar-refractivity contribution in [3.63, 3.8) is 0 Å². The Hall–Kier alpha value is -2.07. The summed E-state index contributed by atoms with van der Waals surface area (Å²) < 4.78 is 38.3. The summed E-state index contributed by atoms with van der Waals surface area (Å²) in [6.07, 6.45) is 36.0. The Morgan fingerprint density at radius 3 is 1.98 bits per heavy atom. The number of hydrogen-bond donors (Lipinski definition) is 2. The first-order valence-corrected chi connectivity index (χ1v) is 20.7. The van der Waals surface area contributed by atoms with E-state index in [-0.39, 0.29) is 44.8 Å². The number of unbranched alkanes of at least 4 members (excludes halogenated alkanes) is 11. The molecule has 288 valence electrons. The Morgan fingerprint density at radius 1 is 0.700 bits per heavy atom. The van der Waals surface area contributed by atoms with Gasteiger partial charge in [-0.2, -0.15) is 0 Å². The molecular formula is C39H68NO9P. The lowest BCUT2D eigenvalue weighted by Gasteiger charge is -2.19. The van der Waals surface area contributed by atoms with Gasteiger partial charge in [0, 0.05) is 19.4 Å². The average Bonchev–Trinajstić information content (AvgIpc) is 3.86. The molecule has 0 aromatic carbocycles. The number of allylic oxidation sites excluding steroid dienone is 6. The second kappa shape index (κ2) is 31.6. The minimum absolute atomic E-state index is 0.0405. The number of phosphoric ester groups is 1. The minimum Gasteiger partial charge on any atom is -0.462 e. The van der Waals surface area contributed by atoms with E-state index in [1.165, 1.54) is 32.1 Å². The van der Waals surface area contributed by atoms with Gasteiger partial charge in [-0.25, -0.2) is 4.57 Å². The summed E-state index contributed by atoms with van der Waals surface area (Å²) in [6, 6.07) is 0. The molecule has 10 nitrogen and oxygen atoms in total. The van der Waals surface area contributed by atoms with Crippen molar-refractivity contribution < 1.29 is 42.3 Å². The van der Waals surface area contributed by atoms with Crippen molar-refractivity contribution in [2.24, 2.45) is 5.73 Å². The van der Waals surface area contributed by atoms with Crippen LogP contribution >= 0.6 is 7.82 Å². The zero-order chi connectivity index (χ0) is 36.5. The van der Waals surface area contributed by atoms with Crippen LogP contribution in [0.1, 0.15) is 142 Å². The Kier molecular flexibility index (Phi) is 29.1.